The Balaban J connectivity index is 2.51. The Bertz CT molecular complexity index is 649. The van der Waals surface area contributed by atoms with Crippen molar-refractivity contribution < 1.29 is 9.72 Å². The van der Waals surface area contributed by atoms with Crippen LogP contribution in [0, 0.1) is 10.1 Å². The van der Waals surface area contributed by atoms with Crippen molar-refractivity contribution in [2.75, 3.05) is 0 Å². The van der Waals surface area contributed by atoms with Gasteiger partial charge < -0.3 is 5.73 Å². The number of nitrogens with two attached hydrogens (primary N) is 1. The number of carbonyl (C=O) groups is 1. The Hall–Kier alpha value is -2.70. The molecule has 7 heteroatoms. The van der Waals surface area contributed by atoms with E-state index in [1.165, 1.54) is 4.68 Å². The van der Waals surface area contributed by atoms with Crippen molar-refractivity contribution in [3.05, 3.63) is 57.4 Å². The standard InChI is InChI=1S/C13H14N4O3/c1-2-10-12(17(19)20)11(13(14)18)15-16(10)8-9-6-4-3-5-7-9/h3-7H,2,8H2,1H3,(H2,14,18). The molecule has 0 aliphatic carbocycles. The Morgan fingerprint density at radius 3 is 2.55 bits per heavy atom. The minimum Gasteiger partial charge on any atom is -0.364 e. The van der Waals surface area contributed by atoms with Crippen LogP contribution in [-0.4, -0.2) is 20.6 Å². The number of primary amides is 1. The van der Waals surface area contributed by atoms with Gasteiger partial charge in [-0.2, -0.15) is 5.10 Å². The molecule has 1 amide bonds. The molecule has 0 bridgehead atoms. The lowest BCUT2D eigenvalue weighted by Crippen LogP contribution is -2.14. The van der Waals surface area contributed by atoms with Gasteiger partial charge in [-0.3, -0.25) is 19.6 Å². The van der Waals surface area contributed by atoms with E-state index in [4.69, 9.17) is 5.73 Å². The van der Waals surface area contributed by atoms with Crippen LogP contribution < -0.4 is 5.73 Å². The third-order valence-corrected chi connectivity index (χ3v) is 2.96. The van der Waals surface area contributed by atoms with E-state index in [9.17, 15) is 14.9 Å². The highest BCUT2D eigenvalue weighted by Crippen LogP contribution is 2.24. The molecule has 2 rings (SSSR count). The van der Waals surface area contributed by atoms with Gasteiger partial charge in [-0.25, -0.2) is 0 Å². The smallest absolute Gasteiger partial charge is 0.323 e. The van der Waals surface area contributed by atoms with Crippen LogP contribution in [0.3, 0.4) is 0 Å². The lowest BCUT2D eigenvalue weighted by Gasteiger charge is -2.04. The van der Waals surface area contributed by atoms with Gasteiger partial charge in [0.1, 0.15) is 5.69 Å². The summed E-state index contributed by atoms with van der Waals surface area (Å²) in [5.74, 6) is -0.891. The highest BCUT2D eigenvalue weighted by molar-refractivity contribution is 5.95. The predicted molar refractivity (Wildman–Crippen MR) is 72.3 cm³/mol. The fraction of sp³-hybridized carbons (Fsp3) is 0.231. The number of hydrogen-bond donors (Lipinski definition) is 1. The number of nitrogens with zero attached hydrogens (tertiary/aromatic N) is 3. The zero-order chi connectivity index (χ0) is 14.7. The average molecular weight is 274 g/mol. The Morgan fingerprint density at radius 1 is 1.40 bits per heavy atom. The van der Waals surface area contributed by atoms with Crippen LogP contribution in [0.2, 0.25) is 0 Å². The maximum absolute atomic E-state index is 11.3. The van der Waals surface area contributed by atoms with E-state index in [1.807, 2.05) is 30.3 Å². The number of amides is 1. The molecule has 2 aromatic rings. The maximum Gasteiger partial charge on any atom is 0.323 e. The first-order chi connectivity index (χ1) is 9.54. The number of hydrogen-bond acceptors (Lipinski definition) is 4. The van der Waals surface area contributed by atoms with Gasteiger partial charge in [-0.1, -0.05) is 37.3 Å². The number of carbonyl (C=O) groups excluding carboxylic acids is 1. The summed E-state index contributed by atoms with van der Waals surface area (Å²) in [7, 11) is 0. The van der Waals surface area contributed by atoms with Crippen molar-refractivity contribution in [2.24, 2.45) is 5.73 Å². The van der Waals surface area contributed by atoms with Crippen LogP contribution in [0.25, 0.3) is 0 Å². The van der Waals surface area contributed by atoms with Gasteiger partial charge in [0.25, 0.3) is 5.91 Å². The summed E-state index contributed by atoms with van der Waals surface area (Å²) < 4.78 is 1.47. The molecule has 0 atom stereocenters. The molecule has 1 heterocycles. The van der Waals surface area contributed by atoms with Crippen LogP contribution in [-0.2, 0) is 13.0 Å². The van der Waals surface area contributed by atoms with Gasteiger partial charge in [0.05, 0.1) is 11.5 Å². The van der Waals surface area contributed by atoms with Gasteiger partial charge in [0.15, 0.2) is 0 Å². The molecule has 7 nitrogen and oxygen atoms in total. The van der Waals surface area contributed by atoms with E-state index in [0.717, 1.165) is 5.56 Å². The molecule has 0 unspecified atom stereocenters. The minimum absolute atomic E-state index is 0.289. The third-order valence-electron chi connectivity index (χ3n) is 2.96. The van der Waals surface area contributed by atoms with Gasteiger partial charge >= 0.3 is 5.69 Å². The summed E-state index contributed by atoms with van der Waals surface area (Å²) in [6.07, 6.45) is 0.392. The van der Waals surface area contributed by atoms with Crippen molar-refractivity contribution in [1.82, 2.24) is 9.78 Å². The predicted octanol–water partition coefficient (Wildman–Crippen LogP) is 1.50. The molecule has 1 aromatic heterocycles. The molecule has 20 heavy (non-hydrogen) atoms. The SMILES string of the molecule is CCc1c([N+](=O)[O-])c(C(N)=O)nn1Cc1ccccc1. The molecular formula is C13H14N4O3. The Labute approximate surface area is 115 Å². The van der Waals surface area contributed by atoms with Crippen LogP contribution in [0.4, 0.5) is 5.69 Å². The Morgan fingerprint density at radius 2 is 2.05 bits per heavy atom. The summed E-state index contributed by atoms with van der Waals surface area (Å²) in [4.78, 5) is 21.8. The summed E-state index contributed by atoms with van der Waals surface area (Å²) in [5, 5.41) is 15.1. The first kappa shape index (κ1) is 13.7. The molecule has 0 spiro atoms. The van der Waals surface area contributed by atoms with Crippen molar-refractivity contribution >= 4 is 11.6 Å². The van der Waals surface area contributed by atoms with E-state index in [0.29, 0.717) is 18.7 Å². The number of nitro groups is 1. The molecule has 1 aromatic carbocycles. The lowest BCUT2D eigenvalue weighted by atomic mass is 10.2. The fourth-order valence-electron chi connectivity index (χ4n) is 2.08. The quantitative estimate of drug-likeness (QED) is 0.658. The van der Waals surface area contributed by atoms with Crippen LogP contribution in [0.5, 0.6) is 0 Å². The normalized spacial score (nSPS) is 10.4. The van der Waals surface area contributed by atoms with Crippen LogP contribution in [0.15, 0.2) is 30.3 Å². The monoisotopic (exact) mass is 274 g/mol. The second kappa shape index (κ2) is 5.52. The molecule has 0 aliphatic heterocycles. The highest BCUT2D eigenvalue weighted by Gasteiger charge is 2.29. The van der Waals surface area contributed by atoms with Crippen molar-refractivity contribution in [3.8, 4) is 0 Å². The fourth-order valence-corrected chi connectivity index (χ4v) is 2.08. The highest BCUT2D eigenvalue weighted by atomic mass is 16.6. The average Bonchev–Trinajstić information content (AvgIpc) is 2.78. The van der Waals surface area contributed by atoms with Crippen molar-refractivity contribution in [2.45, 2.75) is 19.9 Å². The molecule has 0 fully saturated rings. The van der Waals surface area contributed by atoms with E-state index in [1.54, 1.807) is 6.92 Å². The number of benzene rings is 1. The topological polar surface area (TPSA) is 104 Å². The van der Waals surface area contributed by atoms with Gasteiger partial charge in [0.2, 0.25) is 5.69 Å². The zero-order valence-corrected chi connectivity index (χ0v) is 10.9. The molecule has 0 saturated carbocycles. The second-order valence-electron chi connectivity index (χ2n) is 4.26. The Kier molecular flexibility index (Phi) is 3.79. The molecule has 0 aliphatic rings. The third kappa shape index (κ3) is 2.51. The van der Waals surface area contributed by atoms with Gasteiger partial charge in [-0.15, -0.1) is 0 Å². The molecular weight excluding hydrogens is 260 g/mol. The van der Waals surface area contributed by atoms with Gasteiger partial charge in [-0.05, 0) is 12.0 Å². The molecule has 0 saturated heterocycles. The first-order valence-electron chi connectivity index (χ1n) is 6.12. The molecule has 2 N–H and O–H groups in total. The summed E-state index contributed by atoms with van der Waals surface area (Å²) >= 11 is 0. The molecule has 104 valence electrons. The summed E-state index contributed by atoms with van der Waals surface area (Å²) in [6.45, 7) is 2.13. The van der Waals surface area contributed by atoms with Gasteiger partial charge in [0, 0.05) is 0 Å². The molecule has 0 radical (unpaired) electrons. The second-order valence-corrected chi connectivity index (χ2v) is 4.26. The zero-order valence-electron chi connectivity index (χ0n) is 10.9. The minimum atomic E-state index is -0.891. The summed E-state index contributed by atoms with van der Waals surface area (Å²) in [6, 6.07) is 9.39. The van der Waals surface area contributed by atoms with E-state index >= 15 is 0 Å². The summed E-state index contributed by atoms with van der Waals surface area (Å²) in [5.41, 5.74) is 5.92. The maximum atomic E-state index is 11.3. The van der Waals surface area contributed by atoms with Crippen molar-refractivity contribution in [1.29, 1.82) is 0 Å². The van der Waals surface area contributed by atoms with Crippen LogP contribution >= 0.6 is 0 Å². The largest absolute Gasteiger partial charge is 0.364 e. The van der Waals surface area contributed by atoms with E-state index in [2.05, 4.69) is 5.10 Å². The van der Waals surface area contributed by atoms with E-state index in [-0.39, 0.29) is 11.4 Å². The van der Waals surface area contributed by atoms with Crippen molar-refractivity contribution in [3.63, 3.8) is 0 Å². The van der Waals surface area contributed by atoms with Crippen LogP contribution in [0.1, 0.15) is 28.7 Å². The number of rotatable bonds is 5. The first-order valence-corrected chi connectivity index (χ1v) is 6.12. The van der Waals surface area contributed by atoms with E-state index < -0.39 is 10.8 Å². The lowest BCUT2D eigenvalue weighted by molar-refractivity contribution is -0.385. The number of aromatic nitrogens is 2.